The van der Waals surface area contributed by atoms with Crippen molar-refractivity contribution < 1.29 is 9.53 Å². The van der Waals surface area contributed by atoms with Crippen LogP contribution in [-0.4, -0.2) is 53.1 Å². The maximum absolute atomic E-state index is 12.1. The second-order valence-corrected chi connectivity index (χ2v) is 8.22. The van der Waals surface area contributed by atoms with Gasteiger partial charge in [-0.05, 0) is 23.3 Å². The minimum absolute atomic E-state index is 0.0587. The molecule has 0 unspecified atom stereocenters. The molecule has 3 aromatic rings. The molecule has 32 heavy (non-hydrogen) atoms. The van der Waals surface area contributed by atoms with Gasteiger partial charge in [0.2, 0.25) is 5.91 Å². The first-order valence-corrected chi connectivity index (χ1v) is 10.7. The van der Waals surface area contributed by atoms with E-state index < -0.39 is 0 Å². The van der Waals surface area contributed by atoms with Crippen LogP contribution in [0.2, 0.25) is 5.02 Å². The van der Waals surface area contributed by atoms with Crippen molar-refractivity contribution in [1.29, 1.82) is 5.26 Å². The van der Waals surface area contributed by atoms with Crippen LogP contribution in [-0.2, 0) is 11.2 Å². The maximum Gasteiger partial charge on any atom is 0.246 e. The molecule has 2 aliphatic heterocycles. The molecule has 160 valence electrons. The molecule has 5 rings (SSSR count). The van der Waals surface area contributed by atoms with Crippen LogP contribution in [0.25, 0.3) is 22.0 Å². The van der Waals surface area contributed by atoms with Crippen molar-refractivity contribution in [3.63, 3.8) is 0 Å². The Bertz CT molecular complexity index is 1290. The monoisotopic (exact) mass is 445 g/mol. The van der Waals surface area contributed by atoms with Gasteiger partial charge in [-0.15, -0.1) is 0 Å². The van der Waals surface area contributed by atoms with E-state index in [-0.39, 0.29) is 11.9 Å². The first-order valence-electron chi connectivity index (χ1n) is 10.3. The number of rotatable bonds is 3. The number of aromatic nitrogens is 2. The van der Waals surface area contributed by atoms with Crippen molar-refractivity contribution in [3.8, 4) is 22.9 Å². The third-order valence-electron chi connectivity index (χ3n) is 5.98. The van der Waals surface area contributed by atoms with Crippen LogP contribution >= 0.6 is 11.6 Å². The highest BCUT2D eigenvalue weighted by Gasteiger charge is 2.35. The number of amides is 1. The Balaban J connectivity index is 1.62. The van der Waals surface area contributed by atoms with Crippen molar-refractivity contribution in [1.82, 2.24) is 14.9 Å². The summed E-state index contributed by atoms with van der Waals surface area (Å²) in [7, 11) is 0. The highest BCUT2D eigenvalue weighted by atomic mass is 35.5. The Kier molecular flexibility index (Phi) is 5.16. The molecule has 3 heterocycles. The number of ether oxygens (including phenoxy) is 1. The molecular formula is C24H20ClN5O2. The van der Waals surface area contributed by atoms with E-state index in [1.165, 1.54) is 6.08 Å². The summed E-state index contributed by atoms with van der Waals surface area (Å²) >= 11 is 6.89. The number of carbonyl (C=O) groups excluding carboxylic acids is 1. The van der Waals surface area contributed by atoms with Crippen LogP contribution in [0.1, 0.15) is 5.56 Å². The molecular weight excluding hydrogens is 426 g/mol. The summed E-state index contributed by atoms with van der Waals surface area (Å²) in [5, 5.41) is 10.3. The average Bonchev–Trinajstić information content (AvgIpc) is 2.99. The van der Waals surface area contributed by atoms with Gasteiger partial charge in [0.15, 0.2) is 5.75 Å². The fourth-order valence-electron chi connectivity index (χ4n) is 4.44. The molecule has 0 radical (unpaired) electrons. The highest BCUT2D eigenvalue weighted by molar-refractivity contribution is 6.36. The molecule has 8 heteroatoms. The molecule has 0 saturated carbocycles. The standard InChI is InChI=1S/C24H20ClN5O2/c1-2-20(31)29-8-9-30-17(12-29)13-32-23-21-19(27-14-28-24(21)30)11-18(22(23)25)16-5-3-4-15(10-16)6-7-26/h2-5,10-11,14,17H,1,6,8-9,12-13H2/t17-/m0/s1. The molecule has 0 bridgehead atoms. The molecule has 2 aromatic carbocycles. The number of piperazine rings is 1. The van der Waals surface area contributed by atoms with Gasteiger partial charge < -0.3 is 14.5 Å². The number of fused-ring (bicyclic) bond motifs is 2. The van der Waals surface area contributed by atoms with Crippen molar-refractivity contribution >= 4 is 34.2 Å². The predicted molar refractivity (Wildman–Crippen MR) is 123 cm³/mol. The summed E-state index contributed by atoms with van der Waals surface area (Å²) < 4.78 is 6.25. The highest BCUT2D eigenvalue weighted by Crippen LogP contribution is 2.45. The number of hydrogen-bond acceptors (Lipinski definition) is 6. The van der Waals surface area contributed by atoms with Crippen molar-refractivity contribution in [2.24, 2.45) is 0 Å². The summed E-state index contributed by atoms with van der Waals surface area (Å²) in [5.74, 6) is 1.23. The SMILES string of the molecule is C=CC(=O)N1CCN2c3ncnc4cc(-c5cccc(CC#N)c5)c(Cl)c(c34)OC[C@@H]2C1. The number of anilines is 1. The van der Waals surface area contributed by atoms with Crippen molar-refractivity contribution in [2.45, 2.75) is 12.5 Å². The Morgan fingerprint density at radius 3 is 3.03 bits per heavy atom. The van der Waals surface area contributed by atoms with Gasteiger partial charge in [-0.1, -0.05) is 42.4 Å². The zero-order valence-electron chi connectivity index (χ0n) is 17.3. The summed E-state index contributed by atoms with van der Waals surface area (Å²) in [6.07, 6.45) is 3.22. The van der Waals surface area contributed by atoms with Crippen molar-refractivity contribution in [3.05, 3.63) is 59.9 Å². The number of nitrogens with zero attached hydrogens (tertiary/aromatic N) is 5. The second kappa shape index (κ2) is 8.13. The Morgan fingerprint density at radius 2 is 2.22 bits per heavy atom. The van der Waals surface area contributed by atoms with Gasteiger partial charge in [0.25, 0.3) is 0 Å². The minimum Gasteiger partial charge on any atom is -0.489 e. The summed E-state index contributed by atoms with van der Waals surface area (Å²) in [6.45, 7) is 5.70. The number of benzene rings is 2. The number of hydrogen-bond donors (Lipinski definition) is 0. The predicted octanol–water partition coefficient (Wildman–Crippen LogP) is 3.61. The van der Waals surface area contributed by atoms with Crippen LogP contribution < -0.4 is 9.64 Å². The van der Waals surface area contributed by atoms with E-state index >= 15 is 0 Å². The fraction of sp³-hybridized carbons (Fsp3) is 0.250. The molecule has 1 fully saturated rings. The third kappa shape index (κ3) is 3.33. The Morgan fingerprint density at radius 1 is 1.34 bits per heavy atom. The molecule has 2 aliphatic rings. The summed E-state index contributed by atoms with van der Waals surface area (Å²) in [4.78, 5) is 25.2. The van der Waals surface area contributed by atoms with E-state index in [4.69, 9.17) is 21.6 Å². The van der Waals surface area contributed by atoms with Crippen LogP contribution in [0.4, 0.5) is 5.82 Å². The van der Waals surface area contributed by atoms with Gasteiger partial charge in [-0.2, -0.15) is 5.26 Å². The van der Waals surface area contributed by atoms with E-state index in [1.807, 2.05) is 30.3 Å². The van der Waals surface area contributed by atoms with Gasteiger partial charge >= 0.3 is 0 Å². The summed E-state index contributed by atoms with van der Waals surface area (Å²) in [6, 6.07) is 11.8. The molecule has 0 aliphatic carbocycles. The largest absolute Gasteiger partial charge is 0.489 e. The molecule has 1 saturated heterocycles. The van der Waals surface area contributed by atoms with Gasteiger partial charge in [0, 0.05) is 25.2 Å². The maximum atomic E-state index is 12.1. The van der Waals surface area contributed by atoms with Gasteiger partial charge in [-0.25, -0.2) is 9.97 Å². The minimum atomic E-state index is -0.0863. The number of carbonyl (C=O) groups is 1. The van der Waals surface area contributed by atoms with Crippen LogP contribution in [0.15, 0.2) is 49.3 Å². The lowest BCUT2D eigenvalue weighted by Gasteiger charge is -2.40. The first kappa shape index (κ1) is 20.3. The smallest absolute Gasteiger partial charge is 0.246 e. The molecule has 0 N–H and O–H groups in total. The molecule has 7 nitrogen and oxygen atoms in total. The van der Waals surface area contributed by atoms with E-state index in [9.17, 15) is 4.79 Å². The average molecular weight is 446 g/mol. The van der Waals surface area contributed by atoms with E-state index in [2.05, 4.69) is 27.5 Å². The topological polar surface area (TPSA) is 82.4 Å². The van der Waals surface area contributed by atoms with E-state index in [0.29, 0.717) is 43.4 Å². The lowest BCUT2D eigenvalue weighted by Crippen LogP contribution is -2.56. The Hall–Kier alpha value is -3.63. The van der Waals surface area contributed by atoms with Crippen molar-refractivity contribution in [2.75, 3.05) is 31.1 Å². The third-order valence-corrected chi connectivity index (χ3v) is 6.36. The normalized spacial score (nSPS) is 17.2. The molecule has 1 amide bonds. The number of halogens is 1. The lowest BCUT2D eigenvalue weighted by atomic mass is 10.00. The zero-order valence-corrected chi connectivity index (χ0v) is 18.0. The Labute approximate surface area is 190 Å². The fourth-order valence-corrected chi connectivity index (χ4v) is 4.75. The zero-order chi connectivity index (χ0) is 22.2. The van der Waals surface area contributed by atoms with Crippen LogP contribution in [0.3, 0.4) is 0 Å². The van der Waals surface area contributed by atoms with Crippen LogP contribution in [0.5, 0.6) is 5.75 Å². The quantitative estimate of drug-likeness (QED) is 0.573. The van der Waals surface area contributed by atoms with Gasteiger partial charge in [0.1, 0.15) is 18.8 Å². The van der Waals surface area contributed by atoms with Gasteiger partial charge in [0.05, 0.1) is 34.5 Å². The second-order valence-electron chi connectivity index (χ2n) is 7.84. The van der Waals surface area contributed by atoms with Crippen LogP contribution in [0, 0.1) is 11.3 Å². The summed E-state index contributed by atoms with van der Waals surface area (Å²) in [5.41, 5.74) is 3.34. The van der Waals surface area contributed by atoms with E-state index in [1.54, 1.807) is 11.2 Å². The molecule has 0 spiro atoms. The van der Waals surface area contributed by atoms with Gasteiger partial charge in [-0.3, -0.25) is 4.79 Å². The molecule has 1 aromatic heterocycles. The lowest BCUT2D eigenvalue weighted by molar-refractivity contribution is -0.126. The van der Waals surface area contributed by atoms with E-state index in [0.717, 1.165) is 33.4 Å². The first-order chi connectivity index (χ1) is 15.6. The number of nitriles is 1. The molecule has 1 atom stereocenters.